The van der Waals surface area contributed by atoms with E-state index in [4.69, 9.17) is 5.73 Å². The average molecular weight is 320 g/mol. The molecule has 1 heterocycles. The fourth-order valence-electron chi connectivity index (χ4n) is 4.17. The van der Waals surface area contributed by atoms with Crippen LogP contribution in [0.5, 0.6) is 0 Å². The highest BCUT2D eigenvalue weighted by molar-refractivity contribution is 5.97. The first kappa shape index (κ1) is 14.9. The number of likely N-dealkylation sites (tertiary alicyclic amines) is 1. The number of fused-ring (bicyclic) bond motifs is 3. The third kappa shape index (κ3) is 2.39. The second-order valence-electron chi connectivity index (χ2n) is 6.66. The number of hydrogen-bond donors (Lipinski definition) is 1. The fraction of sp³-hybridized carbons (Fsp3) is 0.300. The second kappa shape index (κ2) is 5.78. The number of hydrogen-bond acceptors (Lipinski definition) is 2. The molecule has 0 unspecified atom stereocenters. The average Bonchev–Trinajstić information content (AvgIpc) is 3.00. The number of carbonyl (C=O) groups is 2. The lowest BCUT2D eigenvalue weighted by Gasteiger charge is -2.38. The van der Waals surface area contributed by atoms with Gasteiger partial charge in [0.2, 0.25) is 5.91 Å². The molecule has 4 nitrogen and oxygen atoms in total. The lowest BCUT2D eigenvalue weighted by atomic mass is 9.88. The summed E-state index contributed by atoms with van der Waals surface area (Å²) in [5.41, 5.74) is 9.09. The lowest BCUT2D eigenvalue weighted by Crippen LogP contribution is -2.46. The molecule has 2 aliphatic rings. The molecule has 122 valence electrons. The highest BCUT2D eigenvalue weighted by Crippen LogP contribution is 2.42. The number of piperidine rings is 1. The third-order valence-corrected chi connectivity index (χ3v) is 5.34. The van der Waals surface area contributed by atoms with Crippen LogP contribution < -0.4 is 5.73 Å². The van der Waals surface area contributed by atoms with Gasteiger partial charge in [0.1, 0.15) is 0 Å². The Bertz CT molecular complexity index is 798. The fourth-order valence-corrected chi connectivity index (χ4v) is 4.17. The van der Waals surface area contributed by atoms with E-state index in [1.54, 1.807) is 24.3 Å². The van der Waals surface area contributed by atoms with Gasteiger partial charge in [0.15, 0.2) is 0 Å². The van der Waals surface area contributed by atoms with E-state index in [2.05, 4.69) is 24.3 Å². The predicted octanol–water partition coefficient (Wildman–Crippen LogP) is 2.73. The van der Waals surface area contributed by atoms with E-state index < -0.39 is 5.91 Å². The van der Waals surface area contributed by atoms with Crippen LogP contribution in [0.25, 0.3) is 0 Å². The number of rotatable bonds is 2. The monoisotopic (exact) mass is 320 g/mol. The second-order valence-corrected chi connectivity index (χ2v) is 6.66. The molecule has 2 aromatic rings. The van der Waals surface area contributed by atoms with Gasteiger partial charge in [0.25, 0.3) is 5.91 Å². The van der Waals surface area contributed by atoms with E-state index in [0.29, 0.717) is 17.0 Å². The van der Waals surface area contributed by atoms with Crippen molar-refractivity contribution >= 4 is 11.8 Å². The number of primary amides is 1. The van der Waals surface area contributed by atoms with Gasteiger partial charge in [-0.05, 0) is 54.7 Å². The summed E-state index contributed by atoms with van der Waals surface area (Å²) in [6.45, 7) is 0.797. The number of carbonyl (C=O) groups excluding carboxylic acids is 2. The van der Waals surface area contributed by atoms with Crippen molar-refractivity contribution in [2.24, 2.45) is 5.73 Å². The van der Waals surface area contributed by atoms with Crippen molar-refractivity contribution in [2.75, 3.05) is 6.54 Å². The number of nitrogens with zero attached hydrogens (tertiary/aromatic N) is 1. The predicted molar refractivity (Wildman–Crippen MR) is 91.9 cm³/mol. The van der Waals surface area contributed by atoms with Gasteiger partial charge in [-0.2, -0.15) is 0 Å². The molecule has 0 radical (unpaired) electrons. The first-order chi connectivity index (χ1) is 11.6. The van der Waals surface area contributed by atoms with E-state index in [1.807, 2.05) is 4.90 Å². The minimum atomic E-state index is -0.474. The van der Waals surface area contributed by atoms with Gasteiger partial charge in [-0.1, -0.05) is 24.3 Å². The van der Waals surface area contributed by atoms with Crippen LogP contribution in [0.4, 0.5) is 0 Å². The summed E-state index contributed by atoms with van der Waals surface area (Å²) < 4.78 is 0. The number of nitrogens with two attached hydrogens (primary N) is 1. The van der Waals surface area contributed by atoms with Gasteiger partial charge in [-0.3, -0.25) is 9.59 Å². The van der Waals surface area contributed by atoms with Crippen molar-refractivity contribution in [1.82, 2.24) is 4.90 Å². The Morgan fingerprint density at radius 1 is 1.00 bits per heavy atom. The SMILES string of the molecule is NC(=O)c1ccc(C(=O)N2CCC[C@H]3c4ccccc4C[C@H]32)cc1. The van der Waals surface area contributed by atoms with Crippen molar-refractivity contribution in [3.63, 3.8) is 0 Å². The van der Waals surface area contributed by atoms with Crippen molar-refractivity contribution in [3.8, 4) is 0 Å². The highest BCUT2D eigenvalue weighted by atomic mass is 16.2. The van der Waals surface area contributed by atoms with Crippen LogP contribution in [0, 0.1) is 0 Å². The zero-order valence-corrected chi connectivity index (χ0v) is 13.4. The summed E-state index contributed by atoms with van der Waals surface area (Å²) in [6, 6.07) is 15.4. The Balaban J connectivity index is 1.60. The number of amides is 2. The van der Waals surface area contributed by atoms with E-state index in [0.717, 1.165) is 25.8 Å². The molecular formula is C20H20N2O2. The largest absolute Gasteiger partial charge is 0.366 e. The zero-order chi connectivity index (χ0) is 16.7. The Hall–Kier alpha value is -2.62. The Morgan fingerprint density at radius 3 is 2.46 bits per heavy atom. The van der Waals surface area contributed by atoms with Gasteiger partial charge in [-0.25, -0.2) is 0 Å². The molecule has 2 aromatic carbocycles. The van der Waals surface area contributed by atoms with Crippen LogP contribution in [0.15, 0.2) is 48.5 Å². The molecule has 1 aliphatic heterocycles. The molecule has 4 rings (SSSR count). The third-order valence-electron chi connectivity index (χ3n) is 5.34. The molecule has 2 atom stereocenters. The van der Waals surface area contributed by atoms with Crippen LogP contribution in [0.3, 0.4) is 0 Å². The van der Waals surface area contributed by atoms with Crippen molar-refractivity contribution in [1.29, 1.82) is 0 Å². The summed E-state index contributed by atoms with van der Waals surface area (Å²) in [6.07, 6.45) is 3.11. The van der Waals surface area contributed by atoms with Gasteiger partial charge in [0.05, 0.1) is 0 Å². The van der Waals surface area contributed by atoms with Gasteiger partial charge >= 0.3 is 0 Å². The topological polar surface area (TPSA) is 63.4 Å². The zero-order valence-electron chi connectivity index (χ0n) is 13.4. The normalized spacial score (nSPS) is 21.9. The van der Waals surface area contributed by atoms with E-state index >= 15 is 0 Å². The first-order valence-electron chi connectivity index (χ1n) is 8.44. The summed E-state index contributed by atoms with van der Waals surface area (Å²) in [7, 11) is 0. The molecule has 0 aromatic heterocycles. The summed E-state index contributed by atoms with van der Waals surface area (Å²) >= 11 is 0. The van der Waals surface area contributed by atoms with Gasteiger partial charge in [0, 0.05) is 29.6 Å². The summed E-state index contributed by atoms with van der Waals surface area (Å²) in [4.78, 5) is 26.2. The van der Waals surface area contributed by atoms with Crippen LogP contribution in [0.1, 0.15) is 50.6 Å². The molecule has 1 fully saturated rings. The van der Waals surface area contributed by atoms with E-state index in [-0.39, 0.29) is 11.9 Å². The molecule has 2 N–H and O–H groups in total. The minimum Gasteiger partial charge on any atom is -0.366 e. The Labute approximate surface area is 141 Å². The Kier molecular flexibility index (Phi) is 3.60. The molecule has 0 saturated carbocycles. The first-order valence-corrected chi connectivity index (χ1v) is 8.44. The van der Waals surface area contributed by atoms with Crippen molar-refractivity contribution < 1.29 is 9.59 Å². The van der Waals surface area contributed by atoms with Crippen LogP contribution >= 0.6 is 0 Å². The van der Waals surface area contributed by atoms with Crippen LogP contribution in [-0.4, -0.2) is 29.3 Å². The molecule has 0 spiro atoms. The molecule has 4 heteroatoms. The molecule has 0 bridgehead atoms. The molecule has 24 heavy (non-hydrogen) atoms. The van der Waals surface area contributed by atoms with Crippen molar-refractivity contribution in [3.05, 3.63) is 70.8 Å². The molecule has 1 saturated heterocycles. The standard InChI is InChI=1S/C20H20N2O2/c21-19(23)13-7-9-14(10-8-13)20(24)22-11-3-6-17-16-5-2-1-4-15(16)12-18(17)22/h1-2,4-5,7-10,17-18H,3,6,11-12H2,(H2,21,23)/t17-,18+/m0/s1. The van der Waals surface area contributed by atoms with Crippen LogP contribution in [-0.2, 0) is 6.42 Å². The minimum absolute atomic E-state index is 0.0496. The quantitative estimate of drug-likeness (QED) is 0.925. The Morgan fingerprint density at radius 2 is 1.71 bits per heavy atom. The van der Waals surface area contributed by atoms with Gasteiger partial charge in [-0.15, -0.1) is 0 Å². The molecule has 1 aliphatic carbocycles. The molecule has 2 amide bonds. The smallest absolute Gasteiger partial charge is 0.254 e. The maximum Gasteiger partial charge on any atom is 0.254 e. The van der Waals surface area contributed by atoms with Crippen molar-refractivity contribution in [2.45, 2.75) is 31.2 Å². The molecular weight excluding hydrogens is 300 g/mol. The maximum absolute atomic E-state index is 13.0. The highest BCUT2D eigenvalue weighted by Gasteiger charge is 2.40. The van der Waals surface area contributed by atoms with Crippen LogP contribution in [0.2, 0.25) is 0 Å². The van der Waals surface area contributed by atoms with E-state index in [9.17, 15) is 9.59 Å². The lowest BCUT2D eigenvalue weighted by molar-refractivity contribution is 0.0595. The summed E-state index contributed by atoms with van der Waals surface area (Å²) in [5, 5.41) is 0. The van der Waals surface area contributed by atoms with Gasteiger partial charge < -0.3 is 10.6 Å². The maximum atomic E-state index is 13.0. The summed E-state index contributed by atoms with van der Waals surface area (Å²) in [5.74, 6) is 0.0237. The van der Waals surface area contributed by atoms with E-state index in [1.165, 1.54) is 11.1 Å². The number of benzene rings is 2.